The minimum atomic E-state index is -0.0740. The van der Waals surface area contributed by atoms with Gasteiger partial charge in [0.25, 0.3) is 5.91 Å². The quantitative estimate of drug-likeness (QED) is 0.342. The van der Waals surface area contributed by atoms with Crippen molar-refractivity contribution in [3.8, 4) is 5.75 Å². The summed E-state index contributed by atoms with van der Waals surface area (Å²) in [5, 5.41) is 2.69. The van der Waals surface area contributed by atoms with E-state index in [1.807, 2.05) is 52.6 Å². The van der Waals surface area contributed by atoms with Gasteiger partial charge in [-0.15, -0.1) is 23.7 Å². The van der Waals surface area contributed by atoms with Gasteiger partial charge in [-0.25, -0.2) is 9.97 Å². The van der Waals surface area contributed by atoms with E-state index in [4.69, 9.17) is 4.74 Å². The van der Waals surface area contributed by atoms with E-state index in [9.17, 15) is 4.79 Å². The summed E-state index contributed by atoms with van der Waals surface area (Å²) in [7, 11) is 1.64. The maximum Gasteiger partial charge on any atom is 0.252 e. The molecule has 0 aliphatic heterocycles. The van der Waals surface area contributed by atoms with Gasteiger partial charge in [0.15, 0.2) is 5.13 Å². The summed E-state index contributed by atoms with van der Waals surface area (Å²) in [6, 6.07) is 9.71. The van der Waals surface area contributed by atoms with Crippen LogP contribution in [0.4, 0.5) is 5.13 Å². The van der Waals surface area contributed by atoms with Crippen LogP contribution >= 0.6 is 35.1 Å². The van der Waals surface area contributed by atoms with Crippen LogP contribution in [0.15, 0.2) is 60.5 Å². The number of nitrogens with zero attached hydrogens (tertiary/aromatic N) is 4. The highest BCUT2D eigenvalue weighted by Crippen LogP contribution is 2.32. The van der Waals surface area contributed by atoms with Crippen LogP contribution in [0.2, 0.25) is 0 Å². The number of carbonyl (C=O) groups is 1. The highest BCUT2D eigenvalue weighted by atomic mass is 35.5. The Morgan fingerprint density at radius 1 is 1.33 bits per heavy atom. The van der Waals surface area contributed by atoms with Gasteiger partial charge < -0.3 is 9.30 Å². The van der Waals surface area contributed by atoms with Gasteiger partial charge in [-0.1, -0.05) is 17.4 Å². The number of halogens is 1. The van der Waals surface area contributed by atoms with Crippen molar-refractivity contribution in [3.05, 3.63) is 65.4 Å². The molecule has 6 nitrogen and oxygen atoms in total. The normalized spacial score (nSPS) is 11.0. The molecule has 0 bridgehead atoms. The molecule has 30 heavy (non-hydrogen) atoms. The number of aromatic nitrogens is 3. The molecule has 0 spiro atoms. The third kappa shape index (κ3) is 5.27. The Hall–Kier alpha value is -2.68. The number of thiophene rings is 1. The number of aryl methyl sites for hydroxylation is 1. The van der Waals surface area contributed by atoms with Crippen molar-refractivity contribution in [2.75, 3.05) is 18.6 Å². The van der Waals surface area contributed by atoms with Crippen LogP contribution < -0.4 is 9.64 Å². The predicted molar refractivity (Wildman–Crippen MR) is 126 cm³/mol. The average Bonchev–Trinajstić information content (AvgIpc) is 3.50. The zero-order valence-corrected chi connectivity index (χ0v) is 18.8. The zero-order chi connectivity index (χ0) is 20.1. The molecule has 3 aromatic heterocycles. The largest absolute Gasteiger partial charge is 0.497 e. The van der Waals surface area contributed by atoms with Crippen molar-refractivity contribution in [1.29, 1.82) is 0 Å². The Labute approximate surface area is 188 Å². The molecule has 0 aliphatic carbocycles. The van der Waals surface area contributed by atoms with Crippen LogP contribution in [0.5, 0.6) is 5.75 Å². The first kappa shape index (κ1) is 22.0. The van der Waals surface area contributed by atoms with Crippen molar-refractivity contribution in [3.63, 3.8) is 0 Å². The van der Waals surface area contributed by atoms with E-state index >= 15 is 0 Å². The Morgan fingerprint density at radius 2 is 2.23 bits per heavy atom. The van der Waals surface area contributed by atoms with E-state index < -0.39 is 0 Å². The van der Waals surface area contributed by atoms with Gasteiger partial charge >= 0.3 is 0 Å². The highest BCUT2D eigenvalue weighted by molar-refractivity contribution is 7.22. The number of benzene rings is 1. The number of carbonyl (C=O) groups excluding carboxylic acids is 1. The number of ether oxygens (including phenoxy) is 1. The summed E-state index contributed by atoms with van der Waals surface area (Å²) in [5.41, 5.74) is 0.862. The van der Waals surface area contributed by atoms with Gasteiger partial charge in [0, 0.05) is 36.4 Å². The summed E-state index contributed by atoms with van der Waals surface area (Å²) in [5.74, 6) is 0.707. The number of rotatable bonds is 8. The molecular weight excluding hydrogens is 440 g/mol. The topological polar surface area (TPSA) is 60.2 Å². The van der Waals surface area contributed by atoms with E-state index in [2.05, 4.69) is 9.97 Å². The van der Waals surface area contributed by atoms with E-state index in [1.165, 1.54) is 11.3 Å². The molecule has 1 aromatic carbocycles. The number of methoxy groups -OCH3 is 1. The van der Waals surface area contributed by atoms with Crippen molar-refractivity contribution >= 4 is 62.4 Å². The summed E-state index contributed by atoms with van der Waals surface area (Å²) >= 11 is 3.10. The minimum absolute atomic E-state index is 0. The number of amides is 1. The van der Waals surface area contributed by atoms with E-state index in [0.717, 1.165) is 33.8 Å². The lowest BCUT2D eigenvalue weighted by molar-refractivity contribution is -0.114. The van der Waals surface area contributed by atoms with Crippen molar-refractivity contribution in [1.82, 2.24) is 14.5 Å². The molecule has 0 fully saturated rings. The lowest BCUT2D eigenvalue weighted by Gasteiger charge is -2.18. The smallest absolute Gasteiger partial charge is 0.252 e. The Balaban J connectivity index is 0.00000256. The maximum atomic E-state index is 13.0. The molecule has 0 atom stereocenters. The maximum absolute atomic E-state index is 13.0. The SMILES string of the molecule is COc1ccc2nc(N(CCCn3ccnc3)C(=O)C=Cc3cccs3)sc2c1.Cl. The van der Waals surface area contributed by atoms with Crippen LogP contribution in [0.25, 0.3) is 16.3 Å². The second-order valence-electron chi connectivity index (χ2n) is 6.32. The van der Waals surface area contributed by atoms with Crippen LogP contribution in [0.1, 0.15) is 11.3 Å². The first-order valence-corrected chi connectivity index (χ1v) is 10.9. The van der Waals surface area contributed by atoms with Crippen molar-refractivity contribution in [2.24, 2.45) is 0 Å². The standard InChI is InChI=1S/C21H20N4O2S2.ClH/c1-27-16-5-7-18-19(14-16)29-21(23-18)25(11-3-10-24-12-9-22-15-24)20(26)8-6-17-4-2-13-28-17;/h2,4-9,12-15H,3,10-11H2,1H3;1H. The van der Waals surface area contributed by atoms with Gasteiger partial charge in [-0.3, -0.25) is 9.69 Å². The third-order valence-electron chi connectivity index (χ3n) is 4.37. The van der Waals surface area contributed by atoms with Crippen molar-refractivity contribution in [2.45, 2.75) is 13.0 Å². The fourth-order valence-corrected chi connectivity index (χ4v) is 4.54. The van der Waals surface area contributed by atoms with Crippen LogP contribution in [-0.2, 0) is 11.3 Å². The van der Waals surface area contributed by atoms with Gasteiger partial charge in [0.2, 0.25) is 0 Å². The first-order chi connectivity index (χ1) is 14.2. The van der Waals surface area contributed by atoms with E-state index in [-0.39, 0.29) is 18.3 Å². The van der Waals surface area contributed by atoms with E-state index in [1.54, 1.807) is 41.9 Å². The molecule has 4 aromatic rings. The van der Waals surface area contributed by atoms with Gasteiger partial charge in [-0.2, -0.15) is 0 Å². The highest BCUT2D eigenvalue weighted by Gasteiger charge is 2.18. The lowest BCUT2D eigenvalue weighted by atomic mass is 10.3. The first-order valence-electron chi connectivity index (χ1n) is 9.16. The molecule has 0 unspecified atom stereocenters. The molecule has 3 heterocycles. The second-order valence-corrected chi connectivity index (χ2v) is 8.31. The second kappa shape index (κ2) is 10.4. The predicted octanol–water partition coefficient (Wildman–Crippen LogP) is 5.12. The summed E-state index contributed by atoms with van der Waals surface area (Å²) in [6.07, 6.45) is 9.74. The van der Waals surface area contributed by atoms with Gasteiger partial charge in [-0.05, 0) is 42.1 Å². The Morgan fingerprint density at radius 3 is 2.97 bits per heavy atom. The number of imidazole rings is 1. The third-order valence-corrected chi connectivity index (χ3v) is 6.25. The molecule has 156 valence electrons. The molecule has 4 rings (SSSR count). The molecule has 0 saturated heterocycles. The van der Waals surface area contributed by atoms with Gasteiger partial charge in [0.05, 0.1) is 23.7 Å². The summed E-state index contributed by atoms with van der Waals surface area (Å²) < 4.78 is 8.31. The minimum Gasteiger partial charge on any atom is -0.497 e. The van der Waals surface area contributed by atoms with Gasteiger partial charge in [0.1, 0.15) is 5.75 Å². The Bertz CT molecular complexity index is 1110. The number of fused-ring (bicyclic) bond motifs is 1. The van der Waals surface area contributed by atoms with Crippen molar-refractivity contribution < 1.29 is 9.53 Å². The van der Waals surface area contributed by atoms with E-state index in [0.29, 0.717) is 11.7 Å². The zero-order valence-electron chi connectivity index (χ0n) is 16.3. The number of thiazole rings is 1. The molecule has 9 heteroatoms. The number of anilines is 1. The summed E-state index contributed by atoms with van der Waals surface area (Å²) in [6.45, 7) is 1.36. The Kier molecular flexibility index (Phi) is 7.62. The fraction of sp³-hybridized carbons (Fsp3) is 0.190. The lowest BCUT2D eigenvalue weighted by Crippen LogP contribution is -2.30. The average molecular weight is 461 g/mol. The number of hydrogen-bond acceptors (Lipinski definition) is 6. The van der Waals surface area contributed by atoms with Crippen LogP contribution in [-0.4, -0.2) is 34.1 Å². The molecule has 1 amide bonds. The number of hydrogen-bond donors (Lipinski definition) is 0. The summed E-state index contributed by atoms with van der Waals surface area (Å²) in [4.78, 5) is 24.5. The monoisotopic (exact) mass is 460 g/mol. The molecule has 0 aliphatic rings. The molecule has 0 saturated carbocycles. The van der Waals surface area contributed by atoms with Crippen LogP contribution in [0.3, 0.4) is 0 Å². The molecule has 0 N–H and O–H groups in total. The molecular formula is C21H21ClN4O2S2. The fourth-order valence-electron chi connectivity index (χ4n) is 2.90. The van der Waals surface area contributed by atoms with Crippen LogP contribution in [0, 0.1) is 0 Å². The molecule has 0 radical (unpaired) electrons.